The SMILES string of the molecule is CC[C@H]1OC(=O)C(C)CC[C@@H](O)[C@](C)(OC)C[C@@H](C)C(=O)C(C)[C@@H](O)[C@]1(C)O. The number of ketones is 1. The maximum absolute atomic E-state index is 12.9. The Labute approximate surface area is 168 Å². The average molecular weight is 403 g/mol. The first kappa shape index (κ1) is 25.0. The lowest BCUT2D eigenvalue weighted by molar-refractivity contribution is -0.190. The normalized spacial score (nSPS) is 44.6. The zero-order valence-corrected chi connectivity index (χ0v) is 18.3. The molecule has 3 N–H and O–H groups in total. The van der Waals surface area contributed by atoms with Crippen LogP contribution >= 0.6 is 0 Å². The van der Waals surface area contributed by atoms with Crippen molar-refractivity contribution in [1.29, 1.82) is 0 Å². The highest BCUT2D eigenvalue weighted by atomic mass is 16.6. The number of Topliss-reactive ketones (excluding diaryl/α,β-unsaturated/α-hetero) is 1. The Morgan fingerprint density at radius 2 is 1.68 bits per heavy atom. The summed E-state index contributed by atoms with van der Waals surface area (Å²) in [4.78, 5) is 25.4. The van der Waals surface area contributed by atoms with Crippen molar-refractivity contribution in [2.75, 3.05) is 7.11 Å². The number of aliphatic hydroxyl groups excluding tert-OH is 2. The number of ether oxygens (including phenoxy) is 2. The lowest BCUT2D eigenvalue weighted by atomic mass is 9.76. The molecule has 2 unspecified atom stereocenters. The predicted molar refractivity (Wildman–Crippen MR) is 105 cm³/mol. The van der Waals surface area contributed by atoms with E-state index >= 15 is 0 Å². The summed E-state index contributed by atoms with van der Waals surface area (Å²) in [6, 6.07) is 0. The second kappa shape index (κ2) is 9.65. The molecule has 7 nitrogen and oxygen atoms in total. The number of hydrogen-bond donors (Lipinski definition) is 3. The van der Waals surface area contributed by atoms with Gasteiger partial charge in [-0.3, -0.25) is 9.59 Å². The molecule has 1 heterocycles. The van der Waals surface area contributed by atoms with Gasteiger partial charge in [-0.1, -0.05) is 27.7 Å². The molecule has 0 bridgehead atoms. The van der Waals surface area contributed by atoms with Crippen LogP contribution in [0.2, 0.25) is 0 Å². The van der Waals surface area contributed by atoms with Crippen LogP contribution < -0.4 is 0 Å². The van der Waals surface area contributed by atoms with Crippen LogP contribution in [0.1, 0.15) is 67.2 Å². The van der Waals surface area contributed by atoms with Gasteiger partial charge in [-0.2, -0.15) is 0 Å². The highest BCUT2D eigenvalue weighted by molar-refractivity contribution is 5.83. The van der Waals surface area contributed by atoms with Gasteiger partial charge in [0.15, 0.2) is 0 Å². The van der Waals surface area contributed by atoms with Gasteiger partial charge in [-0.25, -0.2) is 0 Å². The molecule has 0 saturated carbocycles. The standard InChI is InChI=1S/C21H38O7/c1-8-16-21(6,26)18(24)14(4)17(23)13(3)11-20(5,27-7)15(22)10-9-12(2)19(25)28-16/h12-16,18,22,24,26H,8-11H2,1-7H3/t12?,13-,14?,15-,16-,18-,20-,21-/m1/s1. The van der Waals surface area contributed by atoms with Crippen LogP contribution in [0.5, 0.6) is 0 Å². The molecular weight excluding hydrogens is 364 g/mol. The molecular formula is C21H38O7. The molecule has 0 radical (unpaired) electrons. The minimum atomic E-state index is -1.77. The van der Waals surface area contributed by atoms with Crippen molar-refractivity contribution >= 4 is 11.8 Å². The molecule has 1 saturated heterocycles. The van der Waals surface area contributed by atoms with Crippen LogP contribution in [0.4, 0.5) is 0 Å². The summed E-state index contributed by atoms with van der Waals surface area (Å²) in [6.07, 6.45) is -1.97. The lowest BCUT2D eigenvalue weighted by Crippen LogP contribution is -2.56. The zero-order valence-electron chi connectivity index (χ0n) is 18.3. The predicted octanol–water partition coefficient (Wildman–Crippen LogP) is 1.85. The Kier molecular flexibility index (Phi) is 8.62. The van der Waals surface area contributed by atoms with Crippen LogP contribution in [0.15, 0.2) is 0 Å². The summed E-state index contributed by atoms with van der Waals surface area (Å²) in [7, 11) is 1.48. The third-order valence-electron chi connectivity index (χ3n) is 6.45. The molecule has 164 valence electrons. The van der Waals surface area contributed by atoms with Crippen LogP contribution in [0, 0.1) is 17.8 Å². The first-order chi connectivity index (χ1) is 12.8. The fourth-order valence-corrected chi connectivity index (χ4v) is 4.07. The number of carbonyl (C=O) groups is 2. The lowest BCUT2D eigenvalue weighted by Gasteiger charge is -2.40. The molecule has 0 amide bonds. The molecule has 1 aliphatic heterocycles. The highest BCUT2D eigenvalue weighted by Gasteiger charge is 2.47. The first-order valence-electron chi connectivity index (χ1n) is 10.2. The van der Waals surface area contributed by atoms with Crippen LogP contribution in [0.25, 0.3) is 0 Å². The second-order valence-electron chi connectivity index (χ2n) is 8.81. The minimum Gasteiger partial charge on any atom is -0.459 e. The number of aliphatic hydroxyl groups is 3. The van der Waals surface area contributed by atoms with Gasteiger partial charge in [-0.05, 0) is 39.5 Å². The summed E-state index contributed by atoms with van der Waals surface area (Å²) >= 11 is 0. The van der Waals surface area contributed by atoms with E-state index in [0.29, 0.717) is 19.3 Å². The molecule has 7 heteroatoms. The van der Waals surface area contributed by atoms with Crippen LogP contribution in [0.3, 0.4) is 0 Å². The largest absolute Gasteiger partial charge is 0.459 e. The average Bonchev–Trinajstić information content (AvgIpc) is 2.66. The molecule has 0 aromatic carbocycles. The van der Waals surface area contributed by atoms with Crippen LogP contribution in [-0.4, -0.2) is 63.7 Å². The fraction of sp³-hybridized carbons (Fsp3) is 0.905. The Morgan fingerprint density at radius 1 is 1.11 bits per heavy atom. The summed E-state index contributed by atoms with van der Waals surface area (Å²) in [6.45, 7) is 9.87. The van der Waals surface area contributed by atoms with Gasteiger partial charge in [0, 0.05) is 18.9 Å². The van der Waals surface area contributed by atoms with E-state index in [2.05, 4.69) is 0 Å². The molecule has 1 aliphatic rings. The van der Waals surface area contributed by atoms with Gasteiger partial charge in [0.25, 0.3) is 0 Å². The fourth-order valence-electron chi connectivity index (χ4n) is 4.07. The van der Waals surface area contributed by atoms with Gasteiger partial charge in [0.2, 0.25) is 0 Å². The maximum atomic E-state index is 12.9. The van der Waals surface area contributed by atoms with Gasteiger partial charge in [0.05, 0.1) is 23.7 Å². The van der Waals surface area contributed by atoms with Gasteiger partial charge in [0.1, 0.15) is 17.5 Å². The van der Waals surface area contributed by atoms with Crippen molar-refractivity contribution in [3.8, 4) is 0 Å². The van der Waals surface area contributed by atoms with E-state index in [-0.39, 0.29) is 12.2 Å². The third-order valence-corrected chi connectivity index (χ3v) is 6.45. The van der Waals surface area contributed by atoms with Crippen LogP contribution in [-0.2, 0) is 19.1 Å². The van der Waals surface area contributed by atoms with Gasteiger partial charge >= 0.3 is 5.97 Å². The Hall–Kier alpha value is -1.02. The highest BCUT2D eigenvalue weighted by Crippen LogP contribution is 2.33. The summed E-state index contributed by atoms with van der Waals surface area (Å²) in [5, 5.41) is 32.4. The van der Waals surface area contributed by atoms with E-state index in [1.165, 1.54) is 14.0 Å². The smallest absolute Gasteiger partial charge is 0.309 e. The van der Waals surface area contributed by atoms with Gasteiger partial charge in [-0.15, -0.1) is 0 Å². The van der Waals surface area contributed by atoms with Crippen molar-refractivity contribution in [2.45, 2.75) is 96.7 Å². The topological polar surface area (TPSA) is 113 Å². The van der Waals surface area contributed by atoms with E-state index in [9.17, 15) is 24.9 Å². The number of esters is 1. The molecule has 1 rings (SSSR count). The zero-order chi connectivity index (χ0) is 21.9. The van der Waals surface area contributed by atoms with Crippen molar-refractivity contribution in [3.05, 3.63) is 0 Å². The van der Waals surface area contributed by atoms with Gasteiger partial charge < -0.3 is 24.8 Å². The number of rotatable bonds is 2. The molecule has 8 atom stereocenters. The summed E-state index contributed by atoms with van der Waals surface area (Å²) in [5.74, 6) is -2.61. The van der Waals surface area contributed by atoms with Crippen molar-refractivity contribution in [1.82, 2.24) is 0 Å². The van der Waals surface area contributed by atoms with Crippen molar-refractivity contribution < 1.29 is 34.4 Å². The third kappa shape index (κ3) is 5.32. The van der Waals surface area contributed by atoms with E-state index in [4.69, 9.17) is 9.47 Å². The number of methoxy groups -OCH3 is 1. The Morgan fingerprint density at radius 3 is 2.18 bits per heavy atom. The number of carbonyl (C=O) groups excluding carboxylic acids is 2. The molecule has 28 heavy (non-hydrogen) atoms. The number of hydrogen-bond acceptors (Lipinski definition) is 7. The molecule has 1 fully saturated rings. The molecule has 0 spiro atoms. The summed E-state index contributed by atoms with van der Waals surface area (Å²) < 4.78 is 11.0. The molecule has 0 aromatic rings. The van der Waals surface area contributed by atoms with Crippen molar-refractivity contribution in [3.63, 3.8) is 0 Å². The van der Waals surface area contributed by atoms with E-state index < -0.39 is 53.2 Å². The minimum absolute atomic E-state index is 0.241. The Balaban J connectivity index is 3.30. The van der Waals surface area contributed by atoms with E-state index in [1.54, 1.807) is 34.6 Å². The van der Waals surface area contributed by atoms with E-state index in [1.807, 2.05) is 0 Å². The van der Waals surface area contributed by atoms with Crippen molar-refractivity contribution in [2.24, 2.45) is 17.8 Å². The van der Waals surface area contributed by atoms with E-state index in [0.717, 1.165) is 0 Å². The monoisotopic (exact) mass is 402 g/mol. The summed E-state index contributed by atoms with van der Waals surface area (Å²) in [5.41, 5.74) is -2.74. The quantitative estimate of drug-likeness (QED) is 0.604. The Bertz CT molecular complexity index is 547. The molecule has 0 aliphatic carbocycles. The first-order valence-corrected chi connectivity index (χ1v) is 10.2. The molecule has 0 aromatic heterocycles. The number of cyclic esters (lactones) is 1. The second-order valence-corrected chi connectivity index (χ2v) is 8.81. The maximum Gasteiger partial charge on any atom is 0.309 e.